The molecule has 2 atom stereocenters. The van der Waals surface area contributed by atoms with Gasteiger partial charge in [-0.15, -0.1) is 0 Å². The van der Waals surface area contributed by atoms with Gasteiger partial charge < -0.3 is 14.7 Å². The quantitative estimate of drug-likeness (QED) is 0.883. The summed E-state index contributed by atoms with van der Waals surface area (Å²) in [4.78, 5) is 6.13. The maximum atomic E-state index is 11.2. The maximum absolute atomic E-state index is 11.2. The number of benzene rings is 2. The molecule has 0 bridgehead atoms. The lowest BCUT2D eigenvalue weighted by molar-refractivity contribution is -0.0496. The van der Waals surface area contributed by atoms with Crippen molar-refractivity contribution in [3.8, 4) is 11.5 Å². The molecule has 4 nitrogen and oxygen atoms in total. The molecule has 1 aliphatic carbocycles. The molecule has 0 saturated carbocycles. The van der Waals surface area contributed by atoms with Crippen molar-refractivity contribution in [3.63, 3.8) is 0 Å². The molecule has 0 aromatic heterocycles. The second kappa shape index (κ2) is 5.69. The zero-order valence-electron chi connectivity index (χ0n) is 13.4. The average molecular weight is 361 g/mol. The van der Waals surface area contributed by atoms with Gasteiger partial charge in [-0.25, -0.2) is 0 Å². The normalized spacial score (nSPS) is 26.6. The van der Waals surface area contributed by atoms with Gasteiger partial charge in [0.1, 0.15) is 11.5 Å². The minimum absolute atomic E-state index is 0.0574. The van der Waals surface area contributed by atoms with Crippen molar-refractivity contribution in [2.24, 2.45) is 4.99 Å². The lowest BCUT2D eigenvalue weighted by Crippen LogP contribution is -2.44. The SMILES string of the molecule is C/N=C1\SC2Cc3cc(Oc4ccc(Cl)cc4)ccc3C2(O)N1C. The molecule has 2 aliphatic rings. The molecular weight excluding hydrogens is 344 g/mol. The number of fused-ring (bicyclic) bond motifs is 3. The van der Waals surface area contributed by atoms with Crippen LogP contribution in [-0.4, -0.2) is 34.5 Å². The van der Waals surface area contributed by atoms with Gasteiger partial charge in [0.2, 0.25) is 0 Å². The molecule has 124 valence electrons. The van der Waals surface area contributed by atoms with E-state index in [2.05, 4.69) is 4.99 Å². The highest BCUT2D eigenvalue weighted by molar-refractivity contribution is 8.14. The van der Waals surface area contributed by atoms with Crippen molar-refractivity contribution in [2.45, 2.75) is 17.4 Å². The maximum Gasteiger partial charge on any atom is 0.178 e. The van der Waals surface area contributed by atoms with Gasteiger partial charge in [0.05, 0.1) is 5.25 Å². The standard InChI is InChI=1S/C18H17ClN2O2S/c1-20-17-21(2)18(22)15-8-7-14(9-11(15)10-16(18)24-17)23-13-5-3-12(19)4-6-13/h3-9,16,22H,10H2,1-2H3/b20-17-. The van der Waals surface area contributed by atoms with Crippen molar-refractivity contribution >= 4 is 28.5 Å². The Kier molecular flexibility index (Phi) is 3.75. The van der Waals surface area contributed by atoms with Crippen molar-refractivity contribution in [1.82, 2.24) is 4.90 Å². The fourth-order valence-corrected chi connectivity index (χ4v) is 4.89. The Labute approximate surface area is 150 Å². The topological polar surface area (TPSA) is 45.1 Å². The molecule has 0 spiro atoms. The van der Waals surface area contributed by atoms with Crippen LogP contribution in [0.2, 0.25) is 5.02 Å². The predicted molar refractivity (Wildman–Crippen MR) is 98.1 cm³/mol. The van der Waals surface area contributed by atoms with Gasteiger partial charge in [-0.05, 0) is 48.4 Å². The molecule has 2 unspecified atom stereocenters. The average Bonchev–Trinajstić information content (AvgIpc) is 2.99. The lowest BCUT2D eigenvalue weighted by atomic mass is 10.0. The molecule has 1 saturated heterocycles. The Bertz CT molecular complexity index is 824. The molecule has 24 heavy (non-hydrogen) atoms. The number of ether oxygens (including phenoxy) is 1. The Hall–Kier alpha value is -1.69. The van der Waals surface area contributed by atoms with Gasteiger partial charge in [-0.3, -0.25) is 4.99 Å². The summed E-state index contributed by atoms with van der Waals surface area (Å²) in [5.41, 5.74) is 1.06. The largest absolute Gasteiger partial charge is 0.457 e. The Morgan fingerprint density at radius 3 is 2.67 bits per heavy atom. The Balaban J connectivity index is 1.65. The second-order valence-electron chi connectivity index (χ2n) is 5.98. The van der Waals surface area contributed by atoms with Gasteiger partial charge >= 0.3 is 0 Å². The third kappa shape index (κ3) is 2.31. The number of thioether (sulfide) groups is 1. The molecule has 1 N–H and O–H groups in total. The van der Waals surface area contributed by atoms with Crippen LogP contribution in [0.5, 0.6) is 11.5 Å². The highest BCUT2D eigenvalue weighted by Crippen LogP contribution is 2.51. The summed E-state index contributed by atoms with van der Waals surface area (Å²) in [6, 6.07) is 13.1. The van der Waals surface area contributed by atoms with E-state index in [1.165, 1.54) is 0 Å². The first-order valence-electron chi connectivity index (χ1n) is 7.69. The molecule has 6 heteroatoms. The monoisotopic (exact) mass is 360 g/mol. The van der Waals surface area contributed by atoms with Crippen LogP contribution in [0.15, 0.2) is 47.5 Å². The van der Waals surface area contributed by atoms with E-state index in [0.29, 0.717) is 5.02 Å². The lowest BCUT2D eigenvalue weighted by Gasteiger charge is -2.31. The summed E-state index contributed by atoms with van der Waals surface area (Å²) in [5, 5.41) is 12.8. The smallest absolute Gasteiger partial charge is 0.178 e. The van der Waals surface area contributed by atoms with Crippen LogP contribution in [0.4, 0.5) is 0 Å². The van der Waals surface area contributed by atoms with Gasteiger partial charge in [0.15, 0.2) is 10.9 Å². The van der Waals surface area contributed by atoms with Gasteiger partial charge in [0.25, 0.3) is 0 Å². The van der Waals surface area contributed by atoms with E-state index in [0.717, 1.165) is 34.2 Å². The van der Waals surface area contributed by atoms with E-state index >= 15 is 0 Å². The number of hydrogen-bond acceptors (Lipinski definition) is 4. The minimum atomic E-state index is -0.992. The first-order valence-corrected chi connectivity index (χ1v) is 8.94. The second-order valence-corrected chi connectivity index (χ2v) is 7.58. The summed E-state index contributed by atoms with van der Waals surface area (Å²) in [7, 11) is 3.65. The first kappa shape index (κ1) is 15.8. The number of rotatable bonds is 2. The predicted octanol–water partition coefficient (Wildman–Crippen LogP) is 3.87. The van der Waals surface area contributed by atoms with E-state index in [1.807, 2.05) is 42.3 Å². The summed E-state index contributed by atoms with van der Waals surface area (Å²) < 4.78 is 5.90. The third-order valence-corrected chi connectivity index (χ3v) is 6.31. The fourth-order valence-electron chi connectivity index (χ4n) is 3.39. The molecule has 2 aromatic carbocycles. The molecular formula is C18H17ClN2O2S. The molecule has 0 radical (unpaired) electrons. The fraction of sp³-hybridized carbons (Fsp3) is 0.278. The van der Waals surface area contributed by atoms with Crippen LogP contribution < -0.4 is 4.74 Å². The third-order valence-electron chi connectivity index (χ3n) is 4.61. The molecule has 0 amide bonds. The van der Waals surface area contributed by atoms with Crippen molar-refractivity contribution in [1.29, 1.82) is 0 Å². The summed E-state index contributed by atoms with van der Waals surface area (Å²) in [6.45, 7) is 0. The van der Waals surface area contributed by atoms with Gasteiger partial charge in [-0.2, -0.15) is 0 Å². The molecule has 1 heterocycles. The van der Waals surface area contributed by atoms with E-state index in [1.54, 1.807) is 30.9 Å². The molecule has 4 rings (SSSR count). The van der Waals surface area contributed by atoms with E-state index in [4.69, 9.17) is 16.3 Å². The number of nitrogens with zero attached hydrogens (tertiary/aromatic N) is 2. The van der Waals surface area contributed by atoms with Crippen LogP contribution in [0.3, 0.4) is 0 Å². The minimum Gasteiger partial charge on any atom is -0.457 e. The van der Waals surface area contributed by atoms with Crippen molar-refractivity contribution in [2.75, 3.05) is 14.1 Å². The Morgan fingerprint density at radius 2 is 1.96 bits per heavy atom. The zero-order valence-corrected chi connectivity index (χ0v) is 14.9. The van der Waals surface area contributed by atoms with Crippen LogP contribution in [0, 0.1) is 0 Å². The number of aliphatic imine (C=N–C) groups is 1. The van der Waals surface area contributed by atoms with Gasteiger partial charge in [0, 0.05) is 24.7 Å². The van der Waals surface area contributed by atoms with Crippen LogP contribution in [0.1, 0.15) is 11.1 Å². The zero-order chi connectivity index (χ0) is 16.9. The molecule has 2 aromatic rings. The van der Waals surface area contributed by atoms with E-state index in [-0.39, 0.29) is 5.25 Å². The Morgan fingerprint density at radius 1 is 1.25 bits per heavy atom. The number of aliphatic hydroxyl groups is 1. The van der Waals surface area contributed by atoms with Gasteiger partial charge in [-0.1, -0.05) is 29.4 Å². The van der Waals surface area contributed by atoms with Crippen LogP contribution in [-0.2, 0) is 12.1 Å². The number of amidine groups is 1. The van der Waals surface area contributed by atoms with Crippen molar-refractivity contribution < 1.29 is 9.84 Å². The summed E-state index contributed by atoms with van der Waals surface area (Å²) in [5.74, 6) is 1.50. The van der Waals surface area contributed by atoms with Crippen LogP contribution in [0.25, 0.3) is 0 Å². The summed E-state index contributed by atoms with van der Waals surface area (Å²) in [6.07, 6.45) is 0.789. The van der Waals surface area contributed by atoms with E-state index in [9.17, 15) is 5.11 Å². The number of halogens is 1. The highest BCUT2D eigenvalue weighted by atomic mass is 35.5. The van der Waals surface area contributed by atoms with Crippen molar-refractivity contribution in [3.05, 3.63) is 58.6 Å². The van der Waals surface area contributed by atoms with E-state index < -0.39 is 5.72 Å². The first-order chi connectivity index (χ1) is 11.5. The summed E-state index contributed by atoms with van der Waals surface area (Å²) >= 11 is 7.53. The molecule has 1 fully saturated rings. The molecule has 1 aliphatic heterocycles. The number of hydrogen-bond donors (Lipinski definition) is 1. The highest BCUT2D eigenvalue weighted by Gasteiger charge is 2.55. The van der Waals surface area contributed by atoms with Crippen LogP contribution >= 0.6 is 23.4 Å².